The molecule has 0 aromatic rings. The Hall–Kier alpha value is -0.0800. The third-order valence-corrected chi connectivity index (χ3v) is 3.00. The summed E-state index contributed by atoms with van der Waals surface area (Å²) in [5, 5.41) is 9.10. The Morgan fingerprint density at radius 2 is 2.00 bits per heavy atom. The molecule has 1 heterocycles. The van der Waals surface area contributed by atoms with Gasteiger partial charge in [0, 0.05) is 12.0 Å². The molecule has 2 rings (SSSR count). The van der Waals surface area contributed by atoms with E-state index in [9.17, 15) is 0 Å². The van der Waals surface area contributed by atoms with Gasteiger partial charge in [0.25, 0.3) is 0 Å². The Morgan fingerprint density at radius 1 is 1.36 bits per heavy atom. The Labute approximate surface area is 67.6 Å². The van der Waals surface area contributed by atoms with Crippen LogP contribution in [-0.4, -0.2) is 24.9 Å². The van der Waals surface area contributed by atoms with Gasteiger partial charge in [-0.2, -0.15) is 0 Å². The molecule has 1 aliphatic carbocycles. The summed E-state index contributed by atoms with van der Waals surface area (Å²) < 4.78 is 5.17. The van der Waals surface area contributed by atoms with Crippen molar-refractivity contribution in [1.29, 1.82) is 0 Å². The second kappa shape index (κ2) is 2.20. The smallest absolute Gasteiger partial charge is 0.0542 e. The molecular weight excluding hydrogens is 140 g/mol. The fourth-order valence-corrected chi connectivity index (χ4v) is 2.03. The first-order chi connectivity index (χ1) is 5.18. The maximum absolute atomic E-state index is 9.10. The molecule has 2 fully saturated rings. The van der Waals surface area contributed by atoms with Gasteiger partial charge in [-0.05, 0) is 24.7 Å². The van der Waals surface area contributed by atoms with Gasteiger partial charge in [0.1, 0.15) is 0 Å². The number of hydrogen-bond acceptors (Lipinski definition) is 2. The van der Waals surface area contributed by atoms with Gasteiger partial charge in [-0.25, -0.2) is 0 Å². The van der Waals surface area contributed by atoms with E-state index in [0.717, 1.165) is 19.6 Å². The summed E-state index contributed by atoms with van der Waals surface area (Å²) in [6, 6.07) is 0. The molecular formula is C9H16O2. The van der Waals surface area contributed by atoms with Gasteiger partial charge in [0.2, 0.25) is 0 Å². The summed E-state index contributed by atoms with van der Waals surface area (Å²) in [5.74, 6) is 0. The average Bonchev–Trinajstić information content (AvgIpc) is 2.67. The molecule has 2 heteroatoms. The number of hydrogen-bond donors (Lipinski definition) is 1. The standard InChI is InChI=1S/C9H16O2/c1-8(6-11-7-8)4-9(5-10)2-3-9/h10H,2-7H2,1H3. The lowest BCUT2D eigenvalue weighted by atomic mass is 9.78. The van der Waals surface area contributed by atoms with E-state index in [1.165, 1.54) is 12.8 Å². The predicted octanol–water partition coefficient (Wildman–Crippen LogP) is 1.19. The van der Waals surface area contributed by atoms with Crippen LogP contribution < -0.4 is 0 Å². The SMILES string of the molecule is CC1(CC2(CO)CC2)COC1. The maximum Gasteiger partial charge on any atom is 0.0542 e. The summed E-state index contributed by atoms with van der Waals surface area (Å²) in [5.41, 5.74) is 0.692. The Balaban J connectivity index is 1.89. The quantitative estimate of drug-likeness (QED) is 0.665. The first-order valence-electron chi connectivity index (χ1n) is 4.37. The third-order valence-electron chi connectivity index (χ3n) is 3.00. The van der Waals surface area contributed by atoms with Crippen molar-refractivity contribution in [1.82, 2.24) is 0 Å². The zero-order valence-electron chi connectivity index (χ0n) is 7.10. The highest BCUT2D eigenvalue weighted by Gasteiger charge is 2.49. The van der Waals surface area contributed by atoms with E-state index in [1.807, 2.05) is 0 Å². The average molecular weight is 156 g/mol. The van der Waals surface area contributed by atoms with Crippen molar-refractivity contribution < 1.29 is 9.84 Å². The lowest BCUT2D eigenvalue weighted by Crippen LogP contribution is -2.42. The maximum atomic E-state index is 9.10. The van der Waals surface area contributed by atoms with E-state index in [1.54, 1.807) is 0 Å². The molecule has 2 nitrogen and oxygen atoms in total. The van der Waals surface area contributed by atoms with Crippen LogP contribution in [0.4, 0.5) is 0 Å². The van der Waals surface area contributed by atoms with Crippen molar-refractivity contribution in [2.45, 2.75) is 26.2 Å². The molecule has 1 saturated carbocycles. The lowest BCUT2D eigenvalue weighted by molar-refractivity contribution is -0.118. The minimum Gasteiger partial charge on any atom is -0.396 e. The number of rotatable bonds is 3. The predicted molar refractivity (Wildman–Crippen MR) is 42.3 cm³/mol. The molecule has 1 aliphatic heterocycles. The van der Waals surface area contributed by atoms with E-state index in [-0.39, 0.29) is 0 Å². The zero-order chi connectivity index (χ0) is 7.95. The van der Waals surface area contributed by atoms with E-state index in [0.29, 0.717) is 17.4 Å². The fraction of sp³-hybridized carbons (Fsp3) is 1.00. The molecule has 0 amide bonds. The van der Waals surface area contributed by atoms with E-state index < -0.39 is 0 Å². The second-order valence-corrected chi connectivity index (χ2v) is 4.64. The largest absolute Gasteiger partial charge is 0.396 e. The van der Waals surface area contributed by atoms with Gasteiger partial charge >= 0.3 is 0 Å². The number of aliphatic hydroxyl groups excluding tert-OH is 1. The third kappa shape index (κ3) is 1.30. The molecule has 0 aromatic heterocycles. The topological polar surface area (TPSA) is 29.5 Å². The van der Waals surface area contributed by atoms with E-state index in [4.69, 9.17) is 9.84 Å². The molecule has 1 N–H and O–H groups in total. The van der Waals surface area contributed by atoms with Crippen LogP contribution in [0.15, 0.2) is 0 Å². The summed E-state index contributed by atoms with van der Waals surface area (Å²) in [4.78, 5) is 0. The van der Waals surface area contributed by atoms with Crippen molar-refractivity contribution in [3.8, 4) is 0 Å². The zero-order valence-corrected chi connectivity index (χ0v) is 7.10. The van der Waals surface area contributed by atoms with Crippen LogP contribution in [0.3, 0.4) is 0 Å². The highest BCUT2D eigenvalue weighted by molar-refractivity contribution is 4.99. The highest BCUT2D eigenvalue weighted by atomic mass is 16.5. The van der Waals surface area contributed by atoms with Gasteiger partial charge in [-0.1, -0.05) is 6.92 Å². The lowest BCUT2D eigenvalue weighted by Gasteiger charge is -2.40. The number of aliphatic hydroxyl groups is 1. The Morgan fingerprint density at radius 3 is 2.27 bits per heavy atom. The summed E-state index contributed by atoms with van der Waals surface area (Å²) in [6.07, 6.45) is 3.61. The normalized spacial score (nSPS) is 31.1. The molecule has 0 spiro atoms. The number of ether oxygens (including phenoxy) is 1. The monoisotopic (exact) mass is 156 g/mol. The molecule has 0 aromatic carbocycles. The Bertz CT molecular complexity index is 154. The summed E-state index contributed by atoms with van der Waals surface area (Å²) in [6.45, 7) is 4.43. The minimum atomic E-state index is 0.304. The van der Waals surface area contributed by atoms with Crippen LogP contribution >= 0.6 is 0 Å². The molecule has 0 bridgehead atoms. The molecule has 2 aliphatic rings. The van der Waals surface area contributed by atoms with Crippen LogP contribution in [0.25, 0.3) is 0 Å². The van der Waals surface area contributed by atoms with Crippen molar-refractivity contribution in [3.05, 3.63) is 0 Å². The van der Waals surface area contributed by atoms with E-state index in [2.05, 4.69) is 6.92 Å². The van der Waals surface area contributed by atoms with Crippen molar-refractivity contribution in [2.24, 2.45) is 10.8 Å². The van der Waals surface area contributed by atoms with Gasteiger partial charge < -0.3 is 9.84 Å². The van der Waals surface area contributed by atoms with Gasteiger partial charge in [-0.3, -0.25) is 0 Å². The van der Waals surface area contributed by atoms with Crippen LogP contribution in [0.2, 0.25) is 0 Å². The molecule has 0 atom stereocenters. The summed E-state index contributed by atoms with van der Waals surface area (Å²) >= 11 is 0. The first-order valence-corrected chi connectivity index (χ1v) is 4.37. The van der Waals surface area contributed by atoms with Gasteiger partial charge in [-0.15, -0.1) is 0 Å². The van der Waals surface area contributed by atoms with Crippen LogP contribution in [-0.2, 0) is 4.74 Å². The van der Waals surface area contributed by atoms with Crippen LogP contribution in [0.5, 0.6) is 0 Å². The molecule has 64 valence electrons. The minimum absolute atomic E-state index is 0.304. The molecule has 1 saturated heterocycles. The molecule has 0 unspecified atom stereocenters. The van der Waals surface area contributed by atoms with Crippen LogP contribution in [0.1, 0.15) is 26.2 Å². The van der Waals surface area contributed by atoms with Gasteiger partial charge in [0.15, 0.2) is 0 Å². The highest BCUT2D eigenvalue weighted by Crippen LogP contribution is 2.54. The van der Waals surface area contributed by atoms with Crippen LogP contribution in [0, 0.1) is 10.8 Å². The van der Waals surface area contributed by atoms with Crippen molar-refractivity contribution in [2.75, 3.05) is 19.8 Å². The second-order valence-electron chi connectivity index (χ2n) is 4.64. The molecule has 0 radical (unpaired) electrons. The summed E-state index contributed by atoms with van der Waals surface area (Å²) in [7, 11) is 0. The molecule has 11 heavy (non-hydrogen) atoms. The van der Waals surface area contributed by atoms with E-state index >= 15 is 0 Å². The van der Waals surface area contributed by atoms with Crippen molar-refractivity contribution in [3.63, 3.8) is 0 Å². The first kappa shape index (κ1) is 7.56. The fourth-order valence-electron chi connectivity index (χ4n) is 2.03. The van der Waals surface area contributed by atoms with Gasteiger partial charge in [0.05, 0.1) is 13.2 Å². The Kier molecular flexibility index (Phi) is 1.52. The van der Waals surface area contributed by atoms with Crippen molar-refractivity contribution >= 4 is 0 Å².